The topological polar surface area (TPSA) is 67.4 Å². The molecule has 0 radical (unpaired) electrons. The first-order chi connectivity index (χ1) is 8.63. The van der Waals surface area contributed by atoms with E-state index in [0.717, 1.165) is 0 Å². The predicted molar refractivity (Wildman–Crippen MR) is 70.1 cm³/mol. The molecule has 5 heteroatoms. The standard InChI is InChI=1S/C13H16N2O3/c1-3-18-9-8-13(17)15-12-7-5-4-6-11(12)14-10(2)16/h4-9H,3H2,1-2H3,(H,14,16)(H,15,17)/b9-8+. The number of carbonyl (C=O) groups is 2. The van der Waals surface area contributed by atoms with Crippen molar-refractivity contribution in [3.63, 3.8) is 0 Å². The normalized spacial score (nSPS) is 10.1. The second kappa shape index (κ2) is 7.11. The van der Waals surface area contributed by atoms with Crippen LogP contribution in [0.3, 0.4) is 0 Å². The Morgan fingerprint density at radius 1 is 1.22 bits per heavy atom. The fraction of sp³-hybridized carbons (Fsp3) is 0.231. The highest BCUT2D eigenvalue weighted by Gasteiger charge is 2.05. The molecule has 0 bridgehead atoms. The highest BCUT2D eigenvalue weighted by atomic mass is 16.5. The number of para-hydroxylation sites is 2. The third-order valence-corrected chi connectivity index (χ3v) is 1.98. The number of ether oxygens (including phenoxy) is 1. The molecule has 0 aliphatic rings. The summed E-state index contributed by atoms with van der Waals surface area (Å²) in [7, 11) is 0. The lowest BCUT2D eigenvalue weighted by atomic mass is 10.2. The largest absolute Gasteiger partial charge is 0.501 e. The maximum Gasteiger partial charge on any atom is 0.251 e. The van der Waals surface area contributed by atoms with Crippen molar-refractivity contribution >= 4 is 23.2 Å². The summed E-state index contributed by atoms with van der Waals surface area (Å²) in [5.41, 5.74) is 1.10. The van der Waals surface area contributed by atoms with Crippen molar-refractivity contribution < 1.29 is 14.3 Å². The van der Waals surface area contributed by atoms with Crippen LogP contribution in [-0.2, 0) is 14.3 Å². The molecular weight excluding hydrogens is 232 g/mol. The molecule has 0 aliphatic heterocycles. The van der Waals surface area contributed by atoms with Gasteiger partial charge in [0.15, 0.2) is 0 Å². The van der Waals surface area contributed by atoms with Gasteiger partial charge in [0, 0.05) is 13.0 Å². The van der Waals surface area contributed by atoms with Gasteiger partial charge >= 0.3 is 0 Å². The minimum absolute atomic E-state index is 0.193. The van der Waals surface area contributed by atoms with Crippen LogP contribution in [-0.4, -0.2) is 18.4 Å². The summed E-state index contributed by atoms with van der Waals surface area (Å²) in [5.74, 6) is -0.511. The van der Waals surface area contributed by atoms with E-state index in [0.29, 0.717) is 18.0 Å². The fourth-order valence-electron chi connectivity index (χ4n) is 1.27. The summed E-state index contributed by atoms with van der Waals surface area (Å²) in [4.78, 5) is 22.5. The second-order valence-electron chi connectivity index (χ2n) is 3.47. The van der Waals surface area contributed by atoms with Gasteiger partial charge in [-0.15, -0.1) is 0 Å². The Balaban J connectivity index is 2.71. The maximum atomic E-state index is 11.5. The van der Waals surface area contributed by atoms with Crippen LogP contribution >= 0.6 is 0 Å². The zero-order valence-electron chi connectivity index (χ0n) is 10.4. The molecule has 2 N–H and O–H groups in total. The molecule has 1 aromatic rings. The van der Waals surface area contributed by atoms with Crippen molar-refractivity contribution in [2.75, 3.05) is 17.2 Å². The van der Waals surface area contributed by atoms with Gasteiger partial charge in [-0.05, 0) is 19.1 Å². The Bertz CT molecular complexity index is 455. The van der Waals surface area contributed by atoms with E-state index >= 15 is 0 Å². The van der Waals surface area contributed by atoms with Gasteiger partial charge in [-0.1, -0.05) is 12.1 Å². The van der Waals surface area contributed by atoms with Crippen molar-refractivity contribution in [2.24, 2.45) is 0 Å². The average Bonchev–Trinajstić information content (AvgIpc) is 2.31. The van der Waals surface area contributed by atoms with Crippen LogP contribution in [0.25, 0.3) is 0 Å². The minimum Gasteiger partial charge on any atom is -0.501 e. The van der Waals surface area contributed by atoms with E-state index in [1.54, 1.807) is 24.3 Å². The number of amides is 2. The molecule has 2 amide bonds. The van der Waals surface area contributed by atoms with Gasteiger partial charge in [0.25, 0.3) is 5.91 Å². The summed E-state index contributed by atoms with van der Waals surface area (Å²) in [5, 5.41) is 5.29. The van der Waals surface area contributed by atoms with E-state index in [1.807, 2.05) is 6.92 Å². The minimum atomic E-state index is -0.318. The molecule has 18 heavy (non-hydrogen) atoms. The number of hydrogen-bond donors (Lipinski definition) is 2. The summed E-state index contributed by atoms with van der Waals surface area (Å²) in [6.07, 6.45) is 2.62. The Morgan fingerprint density at radius 2 is 1.83 bits per heavy atom. The SMILES string of the molecule is CCO/C=C/C(=O)Nc1ccccc1NC(C)=O. The van der Waals surface area contributed by atoms with Crippen LogP contribution in [0, 0.1) is 0 Å². The van der Waals surface area contributed by atoms with Gasteiger partial charge in [0.1, 0.15) is 0 Å². The van der Waals surface area contributed by atoms with Crippen molar-refractivity contribution in [3.8, 4) is 0 Å². The van der Waals surface area contributed by atoms with E-state index in [-0.39, 0.29) is 11.8 Å². The molecule has 0 unspecified atom stereocenters. The Hall–Kier alpha value is -2.30. The Kier molecular flexibility index (Phi) is 5.44. The Morgan fingerprint density at radius 3 is 2.39 bits per heavy atom. The zero-order chi connectivity index (χ0) is 13.4. The first-order valence-corrected chi connectivity index (χ1v) is 5.59. The van der Waals surface area contributed by atoms with Gasteiger partial charge in [-0.25, -0.2) is 0 Å². The van der Waals surface area contributed by atoms with Crippen LogP contribution in [0.5, 0.6) is 0 Å². The van der Waals surface area contributed by atoms with Gasteiger partial charge in [0.2, 0.25) is 5.91 Å². The van der Waals surface area contributed by atoms with Gasteiger partial charge in [-0.3, -0.25) is 9.59 Å². The van der Waals surface area contributed by atoms with Crippen LogP contribution in [0.2, 0.25) is 0 Å². The summed E-state index contributed by atoms with van der Waals surface area (Å²) >= 11 is 0. The lowest BCUT2D eigenvalue weighted by Gasteiger charge is -2.09. The lowest BCUT2D eigenvalue weighted by molar-refractivity contribution is -0.114. The van der Waals surface area contributed by atoms with Crippen molar-refractivity contribution in [2.45, 2.75) is 13.8 Å². The van der Waals surface area contributed by atoms with Crippen molar-refractivity contribution in [3.05, 3.63) is 36.6 Å². The van der Waals surface area contributed by atoms with Crippen LogP contribution < -0.4 is 10.6 Å². The van der Waals surface area contributed by atoms with Crippen LogP contribution in [0.1, 0.15) is 13.8 Å². The van der Waals surface area contributed by atoms with Crippen LogP contribution in [0.4, 0.5) is 11.4 Å². The molecule has 0 saturated heterocycles. The van der Waals surface area contributed by atoms with E-state index < -0.39 is 0 Å². The van der Waals surface area contributed by atoms with E-state index in [2.05, 4.69) is 10.6 Å². The molecule has 0 aromatic heterocycles. The molecule has 5 nitrogen and oxygen atoms in total. The predicted octanol–water partition coefficient (Wildman–Crippen LogP) is 2.13. The molecule has 1 rings (SSSR count). The third-order valence-electron chi connectivity index (χ3n) is 1.98. The molecule has 0 atom stereocenters. The first kappa shape index (κ1) is 13.8. The molecule has 0 aliphatic carbocycles. The summed E-state index contributed by atoms with van der Waals surface area (Å²) in [6, 6.07) is 6.96. The number of nitrogens with one attached hydrogen (secondary N) is 2. The monoisotopic (exact) mass is 248 g/mol. The fourth-order valence-corrected chi connectivity index (χ4v) is 1.27. The summed E-state index contributed by atoms with van der Waals surface area (Å²) < 4.78 is 4.93. The molecular formula is C13H16N2O3. The number of anilines is 2. The van der Waals surface area contributed by atoms with Crippen LogP contribution in [0.15, 0.2) is 36.6 Å². The highest BCUT2D eigenvalue weighted by Crippen LogP contribution is 2.20. The molecule has 0 heterocycles. The van der Waals surface area contributed by atoms with Gasteiger partial charge in [-0.2, -0.15) is 0 Å². The van der Waals surface area contributed by atoms with Gasteiger partial charge < -0.3 is 15.4 Å². The van der Waals surface area contributed by atoms with E-state index in [9.17, 15) is 9.59 Å². The highest BCUT2D eigenvalue weighted by molar-refractivity contribution is 6.03. The average molecular weight is 248 g/mol. The quantitative estimate of drug-likeness (QED) is 0.619. The number of benzene rings is 1. The number of hydrogen-bond acceptors (Lipinski definition) is 3. The molecule has 0 spiro atoms. The number of carbonyl (C=O) groups excluding carboxylic acids is 2. The maximum absolute atomic E-state index is 11.5. The van der Waals surface area contributed by atoms with Crippen molar-refractivity contribution in [1.82, 2.24) is 0 Å². The van der Waals surface area contributed by atoms with E-state index in [1.165, 1.54) is 19.3 Å². The third kappa shape index (κ3) is 4.69. The molecule has 1 aromatic carbocycles. The lowest BCUT2D eigenvalue weighted by Crippen LogP contribution is -2.12. The van der Waals surface area contributed by atoms with Gasteiger partial charge in [0.05, 0.1) is 24.2 Å². The van der Waals surface area contributed by atoms with Crippen molar-refractivity contribution in [1.29, 1.82) is 0 Å². The molecule has 0 saturated carbocycles. The first-order valence-electron chi connectivity index (χ1n) is 5.59. The molecule has 96 valence electrons. The smallest absolute Gasteiger partial charge is 0.251 e. The Labute approximate surface area is 106 Å². The summed E-state index contributed by atoms with van der Waals surface area (Å²) in [6.45, 7) is 3.74. The van der Waals surface area contributed by atoms with E-state index in [4.69, 9.17) is 4.74 Å². The second-order valence-corrected chi connectivity index (χ2v) is 3.47. The molecule has 0 fully saturated rings. The number of rotatable bonds is 5. The zero-order valence-corrected chi connectivity index (χ0v) is 10.4.